The van der Waals surface area contributed by atoms with Gasteiger partial charge in [-0.25, -0.2) is 0 Å². The van der Waals surface area contributed by atoms with Crippen LogP contribution in [0.15, 0.2) is 18.2 Å². The summed E-state index contributed by atoms with van der Waals surface area (Å²) in [5, 5.41) is 0. The van der Waals surface area contributed by atoms with E-state index in [0.29, 0.717) is 11.4 Å². The van der Waals surface area contributed by atoms with Gasteiger partial charge in [0.2, 0.25) is 0 Å². The Balaban J connectivity index is 3.10. The second-order valence-corrected chi connectivity index (χ2v) is 2.58. The Kier molecular flexibility index (Phi) is 3.11. The molecular weight excluding hydrogens is 176 g/mol. The number of methoxy groups -OCH3 is 1. The van der Waals surface area contributed by atoms with Crippen LogP contribution in [0.1, 0.15) is 15.9 Å². The van der Waals surface area contributed by atoms with Crippen LogP contribution in [-0.4, -0.2) is 13.4 Å². The zero-order valence-corrected chi connectivity index (χ0v) is 7.47. The highest BCUT2D eigenvalue weighted by molar-refractivity contribution is 6.17. The van der Waals surface area contributed by atoms with Crippen molar-refractivity contribution in [1.82, 2.24) is 0 Å². The van der Waals surface area contributed by atoms with E-state index in [9.17, 15) is 4.79 Å². The highest BCUT2D eigenvalue weighted by Gasteiger charge is 2.01. The maximum absolute atomic E-state index is 10.5. The minimum absolute atomic E-state index is 0.325. The van der Waals surface area contributed by atoms with E-state index in [4.69, 9.17) is 16.3 Å². The summed E-state index contributed by atoms with van der Waals surface area (Å²) in [5.41, 5.74) is 1.41. The highest BCUT2D eigenvalue weighted by Crippen LogP contribution is 2.17. The van der Waals surface area contributed by atoms with Crippen molar-refractivity contribution in [2.45, 2.75) is 5.88 Å². The Morgan fingerprint density at radius 2 is 2.33 bits per heavy atom. The lowest BCUT2D eigenvalue weighted by Gasteiger charge is -2.03. The van der Waals surface area contributed by atoms with Gasteiger partial charge in [0.1, 0.15) is 12.0 Å². The molecule has 0 aliphatic heterocycles. The van der Waals surface area contributed by atoms with E-state index in [1.807, 2.05) is 0 Å². The normalized spacial score (nSPS) is 9.50. The molecule has 0 N–H and O–H groups in total. The summed E-state index contributed by atoms with van der Waals surface area (Å²) in [6, 6.07) is 5.19. The molecule has 0 heterocycles. The van der Waals surface area contributed by atoms with Gasteiger partial charge in [-0.3, -0.25) is 4.79 Å². The van der Waals surface area contributed by atoms with Crippen LogP contribution in [0.4, 0.5) is 0 Å². The van der Waals surface area contributed by atoms with Gasteiger partial charge in [-0.1, -0.05) is 0 Å². The fourth-order valence-electron chi connectivity index (χ4n) is 0.940. The average Bonchev–Trinajstić information content (AvgIpc) is 2.16. The average molecular weight is 185 g/mol. The van der Waals surface area contributed by atoms with Crippen molar-refractivity contribution in [3.05, 3.63) is 29.3 Å². The van der Waals surface area contributed by atoms with E-state index < -0.39 is 0 Å². The number of alkyl halides is 1. The summed E-state index contributed by atoms with van der Waals surface area (Å²) in [6.07, 6.45) is 0.789. The molecule has 1 aromatic carbocycles. The smallest absolute Gasteiger partial charge is 0.150 e. The molecule has 0 bridgehead atoms. The van der Waals surface area contributed by atoms with Gasteiger partial charge in [-0.2, -0.15) is 0 Å². The lowest BCUT2D eigenvalue weighted by Crippen LogP contribution is -1.91. The number of hydrogen-bond acceptors (Lipinski definition) is 2. The summed E-state index contributed by atoms with van der Waals surface area (Å²) in [6.45, 7) is 0. The first-order valence-corrected chi connectivity index (χ1v) is 4.03. The maximum atomic E-state index is 10.5. The molecule has 0 aromatic heterocycles. The molecule has 1 rings (SSSR count). The van der Waals surface area contributed by atoms with Gasteiger partial charge in [-0.15, -0.1) is 11.6 Å². The van der Waals surface area contributed by atoms with Crippen LogP contribution in [0.5, 0.6) is 5.75 Å². The fourth-order valence-corrected chi connectivity index (χ4v) is 1.17. The second-order valence-electron chi connectivity index (χ2n) is 2.32. The zero-order chi connectivity index (χ0) is 8.97. The highest BCUT2D eigenvalue weighted by atomic mass is 35.5. The molecule has 0 radical (unpaired) electrons. The van der Waals surface area contributed by atoms with Crippen molar-refractivity contribution in [1.29, 1.82) is 0 Å². The zero-order valence-electron chi connectivity index (χ0n) is 6.71. The topological polar surface area (TPSA) is 26.3 Å². The Bertz CT molecular complexity index is 284. The number of hydrogen-bond donors (Lipinski definition) is 0. The van der Waals surface area contributed by atoms with E-state index >= 15 is 0 Å². The number of carbonyl (C=O) groups excluding carboxylic acids is 1. The molecule has 3 heteroatoms. The van der Waals surface area contributed by atoms with Crippen LogP contribution < -0.4 is 4.74 Å². The van der Waals surface area contributed by atoms with E-state index in [0.717, 1.165) is 17.6 Å². The minimum atomic E-state index is 0.325. The number of ether oxygens (including phenoxy) is 1. The minimum Gasteiger partial charge on any atom is -0.497 e. The van der Waals surface area contributed by atoms with Crippen LogP contribution in [0, 0.1) is 0 Å². The lowest BCUT2D eigenvalue weighted by molar-refractivity contribution is 0.112. The van der Waals surface area contributed by atoms with Gasteiger partial charge < -0.3 is 4.74 Å². The van der Waals surface area contributed by atoms with Crippen molar-refractivity contribution < 1.29 is 9.53 Å². The summed E-state index contributed by atoms with van der Waals surface area (Å²) < 4.78 is 4.98. The predicted molar refractivity (Wildman–Crippen MR) is 47.9 cm³/mol. The summed E-state index contributed by atoms with van der Waals surface area (Å²) >= 11 is 5.63. The standard InChI is InChI=1S/C9H9ClO2/c1-12-9-3-2-7(6-11)8(4-9)5-10/h2-4,6H,5H2,1H3. The monoisotopic (exact) mass is 184 g/mol. The van der Waals surface area contributed by atoms with Gasteiger partial charge in [-0.05, 0) is 23.8 Å². The number of benzene rings is 1. The van der Waals surface area contributed by atoms with Crippen LogP contribution >= 0.6 is 11.6 Å². The predicted octanol–water partition coefficient (Wildman–Crippen LogP) is 2.25. The first-order valence-electron chi connectivity index (χ1n) is 3.50. The Morgan fingerprint density at radius 3 is 2.83 bits per heavy atom. The van der Waals surface area contributed by atoms with E-state index in [1.165, 1.54) is 0 Å². The molecule has 0 atom stereocenters. The van der Waals surface area contributed by atoms with E-state index in [2.05, 4.69) is 0 Å². The molecule has 2 nitrogen and oxygen atoms in total. The summed E-state index contributed by atoms with van der Waals surface area (Å²) in [7, 11) is 1.58. The Labute approximate surface area is 76.1 Å². The molecular formula is C9H9ClO2. The number of carbonyl (C=O) groups is 1. The van der Waals surface area contributed by atoms with Gasteiger partial charge >= 0.3 is 0 Å². The molecule has 0 aliphatic rings. The molecule has 0 saturated heterocycles. The van der Waals surface area contributed by atoms with Crippen molar-refractivity contribution >= 4 is 17.9 Å². The van der Waals surface area contributed by atoms with Gasteiger partial charge in [0, 0.05) is 11.4 Å². The van der Waals surface area contributed by atoms with Crippen molar-refractivity contribution in [3.63, 3.8) is 0 Å². The van der Waals surface area contributed by atoms with Crippen LogP contribution in [0.3, 0.4) is 0 Å². The van der Waals surface area contributed by atoms with Crippen molar-refractivity contribution in [2.75, 3.05) is 7.11 Å². The third-order valence-electron chi connectivity index (χ3n) is 1.62. The molecule has 0 aliphatic carbocycles. The third kappa shape index (κ3) is 1.77. The molecule has 12 heavy (non-hydrogen) atoms. The van der Waals surface area contributed by atoms with E-state index in [-0.39, 0.29) is 0 Å². The second kappa shape index (κ2) is 4.12. The first-order chi connectivity index (χ1) is 5.81. The van der Waals surface area contributed by atoms with Crippen LogP contribution in [0.2, 0.25) is 0 Å². The quantitative estimate of drug-likeness (QED) is 0.532. The van der Waals surface area contributed by atoms with Crippen LogP contribution in [0.25, 0.3) is 0 Å². The van der Waals surface area contributed by atoms with Crippen LogP contribution in [-0.2, 0) is 5.88 Å². The third-order valence-corrected chi connectivity index (χ3v) is 1.91. The molecule has 0 amide bonds. The number of rotatable bonds is 3. The maximum Gasteiger partial charge on any atom is 0.150 e. The molecule has 64 valence electrons. The molecule has 0 unspecified atom stereocenters. The summed E-state index contributed by atoms with van der Waals surface area (Å²) in [4.78, 5) is 10.5. The SMILES string of the molecule is COc1ccc(C=O)c(CCl)c1. The fraction of sp³-hybridized carbons (Fsp3) is 0.222. The van der Waals surface area contributed by atoms with E-state index in [1.54, 1.807) is 25.3 Å². The van der Waals surface area contributed by atoms with Gasteiger partial charge in [0.15, 0.2) is 0 Å². The Hall–Kier alpha value is -1.02. The van der Waals surface area contributed by atoms with Crippen molar-refractivity contribution in [3.8, 4) is 5.75 Å². The molecule has 0 saturated carbocycles. The lowest BCUT2D eigenvalue weighted by atomic mass is 10.1. The summed E-state index contributed by atoms with van der Waals surface area (Å²) in [5.74, 6) is 1.04. The molecule has 0 spiro atoms. The molecule has 1 aromatic rings. The van der Waals surface area contributed by atoms with Crippen molar-refractivity contribution in [2.24, 2.45) is 0 Å². The largest absolute Gasteiger partial charge is 0.497 e. The number of aldehydes is 1. The Morgan fingerprint density at radius 1 is 1.58 bits per heavy atom. The van der Waals surface area contributed by atoms with Gasteiger partial charge in [0.25, 0.3) is 0 Å². The first kappa shape index (κ1) is 9.07. The van der Waals surface area contributed by atoms with Gasteiger partial charge in [0.05, 0.1) is 7.11 Å². The number of halogens is 1. The molecule has 0 fully saturated rings.